The number of pyridine rings is 1. The molecule has 0 N–H and O–H groups in total. The van der Waals surface area contributed by atoms with Gasteiger partial charge in [0, 0.05) is 23.5 Å². The van der Waals surface area contributed by atoms with Gasteiger partial charge < -0.3 is 4.42 Å². The van der Waals surface area contributed by atoms with Gasteiger partial charge in [0.15, 0.2) is 11.6 Å². The Morgan fingerprint density at radius 1 is 1.14 bits per heavy atom. The number of hydrogen-bond donors (Lipinski definition) is 0. The van der Waals surface area contributed by atoms with Gasteiger partial charge in [-0.3, -0.25) is 19.7 Å². The van der Waals surface area contributed by atoms with Crippen LogP contribution >= 0.6 is 0 Å². The lowest BCUT2D eigenvalue weighted by Gasteiger charge is -2.07. The fourth-order valence-corrected chi connectivity index (χ4v) is 2.78. The molecular weight excluding hydrogens is 361 g/mol. The molecule has 138 valence electrons. The topological polar surface area (TPSA) is 94.7 Å². The summed E-state index contributed by atoms with van der Waals surface area (Å²) in [5, 5.41) is 7.59. The molecule has 4 aromatic rings. The predicted octanol–water partition coefficient (Wildman–Crippen LogP) is 3.46. The second-order valence-electron chi connectivity index (χ2n) is 6.12. The highest BCUT2D eigenvalue weighted by Gasteiger charge is 2.14. The molecule has 7 nitrogen and oxygen atoms in total. The normalized spacial score (nSPS) is 10.8. The summed E-state index contributed by atoms with van der Waals surface area (Å²) in [6, 6.07) is 7.06. The fourth-order valence-electron chi connectivity index (χ4n) is 2.78. The third kappa shape index (κ3) is 3.52. The van der Waals surface area contributed by atoms with E-state index in [1.807, 2.05) is 25.1 Å². The molecule has 0 atom stereocenters. The number of halogens is 1. The molecule has 3 aromatic heterocycles. The van der Waals surface area contributed by atoms with Crippen molar-refractivity contribution in [1.29, 1.82) is 0 Å². The molecule has 0 saturated carbocycles. The Hall–Kier alpha value is -3.81. The smallest absolute Gasteiger partial charge is 0.247 e. The summed E-state index contributed by atoms with van der Waals surface area (Å²) in [5.41, 5.74) is 3.72. The highest BCUT2D eigenvalue weighted by atomic mass is 19.1. The van der Waals surface area contributed by atoms with E-state index in [4.69, 9.17) is 4.42 Å². The Morgan fingerprint density at radius 2 is 2.04 bits per heavy atom. The molecule has 0 bridgehead atoms. The monoisotopic (exact) mass is 375 g/mol. The van der Waals surface area contributed by atoms with Crippen LogP contribution < -0.4 is 0 Å². The second kappa shape index (κ2) is 7.43. The van der Waals surface area contributed by atoms with Crippen molar-refractivity contribution in [2.75, 3.05) is 0 Å². The zero-order valence-electron chi connectivity index (χ0n) is 14.8. The van der Waals surface area contributed by atoms with Gasteiger partial charge in [-0.1, -0.05) is 6.07 Å². The van der Waals surface area contributed by atoms with E-state index >= 15 is 0 Å². The molecule has 0 fully saturated rings. The molecule has 28 heavy (non-hydrogen) atoms. The van der Waals surface area contributed by atoms with Gasteiger partial charge in [-0.15, -0.1) is 10.2 Å². The van der Waals surface area contributed by atoms with Crippen molar-refractivity contribution in [3.63, 3.8) is 0 Å². The van der Waals surface area contributed by atoms with Crippen LogP contribution in [0.15, 0.2) is 59.9 Å². The first-order valence-corrected chi connectivity index (χ1v) is 8.43. The van der Waals surface area contributed by atoms with Crippen LogP contribution in [0.4, 0.5) is 4.39 Å². The van der Waals surface area contributed by atoms with E-state index in [1.165, 1.54) is 24.9 Å². The largest absolute Gasteiger partial charge is 0.423 e. The summed E-state index contributed by atoms with van der Waals surface area (Å²) in [5.74, 6) is -0.613. The molecular formula is C20H14FN5O2. The van der Waals surface area contributed by atoms with E-state index in [-0.39, 0.29) is 17.8 Å². The maximum Gasteiger partial charge on any atom is 0.247 e. The summed E-state index contributed by atoms with van der Waals surface area (Å²) in [6.07, 6.45) is 6.73. The first-order chi connectivity index (χ1) is 13.6. The molecule has 0 saturated heterocycles. The van der Waals surface area contributed by atoms with E-state index in [9.17, 15) is 9.18 Å². The molecule has 0 radical (unpaired) electrons. The minimum atomic E-state index is -0.648. The third-order valence-corrected chi connectivity index (χ3v) is 4.24. The van der Waals surface area contributed by atoms with Crippen LogP contribution in [0.25, 0.3) is 22.7 Å². The summed E-state index contributed by atoms with van der Waals surface area (Å²) >= 11 is 0. The standard InChI is InChI=1S/C20H14FN5O2/c1-12-2-3-13(20-26-25-11-28-20)6-16(12)18-10-23-14(8-24-18)7-19(27)15-4-5-22-9-17(15)21/h2-6,8-11H,7H2,1H3. The number of ketones is 1. The minimum absolute atomic E-state index is 0.0102. The van der Waals surface area contributed by atoms with Crippen LogP contribution in [0, 0.1) is 12.7 Å². The summed E-state index contributed by atoms with van der Waals surface area (Å²) in [4.78, 5) is 24.6. The number of nitrogens with zero attached hydrogens (tertiary/aromatic N) is 5. The Morgan fingerprint density at radius 3 is 2.75 bits per heavy atom. The lowest BCUT2D eigenvalue weighted by molar-refractivity contribution is 0.0988. The lowest BCUT2D eigenvalue weighted by Crippen LogP contribution is -2.08. The average Bonchev–Trinajstić information content (AvgIpc) is 3.24. The van der Waals surface area contributed by atoms with Crippen LogP contribution in [0.2, 0.25) is 0 Å². The summed E-state index contributed by atoms with van der Waals surface area (Å²) < 4.78 is 18.9. The van der Waals surface area contributed by atoms with Crippen LogP contribution in [-0.4, -0.2) is 30.9 Å². The Balaban J connectivity index is 1.58. The zero-order valence-corrected chi connectivity index (χ0v) is 14.8. The van der Waals surface area contributed by atoms with Crippen LogP contribution in [-0.2, 0) is 6.42 Å². The van der Waals surface area contributed by atoms with E-state index in [1.54, 1.807) is 6.20 Å². The molecule has 0 unspecified atom stereocenters. The highest BCUT2D eigenvalue weighted by molar-refractivity contribution is 5.97. The van der Waals surface area contributed by atoms with Crippen molar-refractivity contribution in [2.45, 2.75) is 13.3 Å². The summed E-state index contributed by atoms with van der Waals surface area (Å²) in [7, 11) is 0. The SMILES string of the molecule is Cc1ccc(-c2nnco2)cc1-c1cnc(CC(=O)c2ccncc2F)cn1. The van der Waals surface area contributed by atoms with E-state index in [0.717, 1.165) is 22.9 Å². The molecule has 0 amide bonds. The average molecular weight is 375 g/mol. The van der Waals surface area contributed by atoms with Gasteiger partial charge >= 0.3 is 0 Å². The molecule has 1 aromatic carbocycles. The third-order valence-electron chi connectivity index (χ3n) is 4.24. The molecule has 0 aliphatic heterocycles. The molecule has 0 spiro atoms. The Bertz CT molecular complexity index is 1130. The van der Waals surface area contributed by atoms with Gasteiger partial charge in [0.1, 0.15) is 0 Å². The zero-order chi connectivity index (χ0) is 19.5. The van der Waals surface area contributed by atoms with Crippen LogP contribution in [0.1, 0.15) is 21.6 Å². The maximum absolute atomic E-state index is 13.7. The number of Topliss-reactive ketones (excluding diaryl/α,β-unsaturated/α-hetero) is 1. The number of carbonyl (C=O) groups is 1. The predicted molar refractivity (Wildman–Crippen MR) is 97.7 cm³/mol. The number of benzene rings is 1. The highest BCUT2D eigenvalue weighted by Crippen LogP contribution is 2.27. The maximum atomic E-state index is 13.7. The number of aryl methyl sites for hydroxylation is 1. The van der Waals surface area contributed by atoms with Gasteiger partial charge in [0.05, 0.1) is 35.8 Å². The van der Waals surface area contributed by atoms with Gasteiger partial charge in [-0.2, -0.15) is 0 Å². The van der Waals surface area contributed by atoms with Gasteiger partial charge in [0.25, 0.3) is 0 Å². The van der Waals surface area contributed by atoms with Crippen molar-refractivity contribution in [1.82, 2.24) is 25.1 Å². The van der Waals surface area contributed by atoms with Gasteiger partial charge in [-0.05, 0) is 30.7 Å². The Kier molecular flexibility index (Phi) is 4.67. The van der Waals surface area contributed by atoms with Crippen LogP contribution in [0.3, 0.4) is 0 Å². The lowest BCUT2D eigenvalue weighted by atomic mass is 10.0. The first-order valence-electron chi connectivity index (χ1n) is 8.43. The molecule has 8 heteroatoms. The van der Waals surface area contributed by atoms with E-state index in [2.05, 4.69) is 25.1 Å². The summed E-state index contributed by atoms with van der Waals surface area (Å²) in [6.45, 7) is 1.96. The van der Waals surface area contributed by atoms with Crippen molar-refractivity contribution in [3.8, 4) is 22.7 Å². The van der Waals surface area contributed by atoms with Crippen molar-refractivity contribution >= 4 is 5.78 Å². The first kappa shape index (κ1) is 17.6. The van der Waals surface area contributed by atoms with Crippen molar-refractivity contribution < 1.29 is 13.6 Å². The molecule has 3 heterocycles. The van der Waals surface area contributed by atoms with E-state index < -0.39 is 5.82 Å². The number of rotatable bonds is 5. The molecule has 4 rings (SSSR count). The quantitative estimate of drug-likeness (QED) is 0.493. The minimum Gasteiger partial charge on any atom is -0.423 e. The van der Waals surface area contributed by atoms with Gasteiger partial charge in [0.2, 0.25) is 12.3 Å². The Labute approximate surface area is 159 Å². The van der Waals surface area contributed by atoms with Crippen molar-refractivity contribution in [2.24, 2.45) is 0 Å². The molecule has 0 aliphatic carbocycles. The van der Waals surface area contributed by atoms with Gasteiger partial charge in [-0.25, -0.2) is 4.39 Å². The fraction of sp³-hybridized carbons (Fsp3) is 0.100. The van der Waals surface area contributed by atoms with Crippen molar-refractivity contribution in [3.05, 3.63) is 78.1 Å². The number of carbonyl (C=O) groups excluding carboxylic acids is 1. The number of aromatic nitrogens is 5. The second-order valence-corrected chi connectivity index (χ2v) is 6.12. The van der Waals surface area contributed by atoms with Crippen LogP contribution in [0.5, 0.6) is 0 Å². The van der Waals surface area contributed by atoms with E-state index in [0.29, 0.717) is 17.3 Å². The number of hydrogen-bond acceptors (Lipinski definition) is 7. The molecule has 0 aliphatic rings.